The maximum Gasteiger partial charge on any atom is 0.271 e. The van der Waals surface area contributed by atoms with E-state index in [1.165, 1.54) is 0 Å². The summed E-state index contributed by atoms with van der Waals surface area (Å²) in [6, 6.07) is 17.9. The number of hydrogen-bond acceptors (Lipinski definition) is 4. The van der Waals surface area contributed by atoms with Crippen molar-refractivity contribution >= 4 is 28.8 Å². The standard InChI is InChI=1S/C23H26ClN3OS/c1-4-27(5-2)20(17-11-13-19(24)14-12-17)15-25-23(28)21-22(29-16(3)26-21)18-9-7-6-8-10-18/h6-14,20H,4-5,15H2,1-3H3,(H,25,28). The minimum atomic E-state index is -0.140. The normalized spacial score (nSPS) is 12.2. The van der Waals surface area contributed by atoms with Crippen molar-refractivity contribution in [3.05, 3.63) is 75.9 Å². The molecular formula is C23H26ClN3OS. The Bertz CT molecular complexity index is 937. The largest absolute Gasteiger partial charge is 0.349 e. The van der Waals surface area contributed by atoms with Crippen molar-refractivity contribution in [1.29, 1.82) is 0 Å². The number of nitrogens with one attached hydrogen (secondary N) is 1. The lowest BCUT2D eigenvalue weighted by atomic mass is 10.0. The SMILES string of the molecule is CCN(CC)C(CNC(=O)c1nc(C)sc1-c1ccccc1)c1ccc(Cl)cc1. The smallest absolute Gasteiger partial charge is 0.271 e. The first-order chi connectivity index (χ1) is 14.0. The van der Waals surface area contributed by atoms with Crippen LogP contribution in [-0.4, -0.2) is 35.4 Å². The molecule has 4 nitrogen and oxygen atoms in total. The molecular weight excluding hydrogens is 402 g/mol. The number of thiazole rings is 1. The molecule has 1 N–H and O–H groups in total. The van der Waals surface area contributed by atoms with Crippen LogP contribution in [0.15, 0.2) is 54.6 Å². The Kier molecular flexibility index (Phi) is 7.42. The van der Waals surface area contributed by atoms with Gasteiger partial charge in [0.15, 0.2) is 0 Å². The van der Waals surface area contributed by atoms with Gasteiger partial charge in [-0.2, -0.15) is 0 Å². The number of carbonyl (C=O) groups is 1. The number of aromatic nitrogens is 1. The van der Waals surface area contributed by atoms with E-state index in [4.69, 9.17) is 11.6 Å². The van der Waals surface area contributed by atoms with E-state index in [2.05, 4.69) is 29.0 Å². The zero-order valence-electron chi connectivity index (χ0n) is 17.0. The van der Waals surface area contributed by atoms with Crippen LogP contribution in [0.3, 0.4) is 0 Å². The Morgan fingerprint density at radius 3 is 2.38 bits per heavy atom. The zero-order chi connectivity index (χ0) is 20.8. The third-order valence-electron chi connectivity index (χ3n) is 4.95. The number of nitrogens with zero attached hydrogens (tertiary/aromatic N) is 2. The molecule has 3 rings (SSSR count). The topological polar surface area (TPSA) is 45.2 Å². The Hall–Kier alpha value is -2.21. The number of halogens is 1. The maximum absolute atomic E-state index is 13.0. The van der Waals surface area contributed by atoms with Gasteiger partial charge in [0, 0.05) is 11.6 Å². The molecule has 0 aliphatic heterocycles. The highest BCUT2D eigenvalue weighted by molar-refractivity contribution is 7.15. The lowest BCUT2D eigenvalue weighted by molar-refractivity contribution is 0.0931. The van der Waals surface area contributed by atoms with Crippen molar-refractivity contribution in [2.45, 2.75) is 26.8 Å². The van der Waals surface area contributed by atoms with E-state index in [1.807, 2.05) is 61.5 Å². The summed E-state index contributed by atoms with van der Waals surface area (Å²) in [7, 11) is 0. The number of amides is 1. The van der Waals surface area contributed by atoms with Crippen LogP contribution >= 0.6 is 22.9 Å². The quantitative estimate of drug-likeness (QED) is 0.510. The Morgan fingerprint density at radius 1 is 1.10 bits per heavy atom. The minimum absolute atomic E-state index is 0.0751. The molecule has 0 saturated heterocycles. The summed E-state index contributed by atoms with van der Waals surface area (Å²) in [5, 5.41) is 4.71. The molecule has 0 bridgehead atoms. The molecule has 1 atom stereocenters. The van der Waals surface area contributed by atoms with Crippen LogP contribution in [0.5, 0.6) is 0 Å². The van der Waals surface area contributed by atoms with Gasteiger partial charge in [0.1, 0.15) is 5.69 Å². The maximum atomic E-state index is 13.0. The van der Waals surface area contributed by atoms with Crippen LogP contribution in [0, 0.1) is 6.92 Å². The molecule has 3 aromatic rings. The number of carbonyl (C=O) groups excluding carboxylic acids is 1. The number of aryl methyl sites for hydroxylation is 1. The van der Waals surface area contributed by atoms with E-state index in [0.717, 1.165) is 34.1 Å². The van der Waals surface area contributed by atoms with Crippen molar-refractivity contribution in [3.8, 4) is 10.4 Å². The molecule has 0 aliphatic carbocycles. The van der Waals surface area contributed by atoms with Crippen molar-refractivity contribution in [3.63, 3.8) is 0 Å². The molecule has 1 aromatic heterocycles. The first-order valence-corrected chi connectivity index (χ1v) is 11.0. The summed E-state index contributed by atoms with van der Waals surface area (Å²) in [6.07, 6.45) is 0. The van der Waals surface area contributed by atoms with Crippen LogP contribution in [0.25, 0.3) is 10.4 Å². The van der Waals surface area contributed by atoms with Crippen molar-refractivity contribution < 1.29 is 4.79 Å². The number of hydrogen-bond donors (Lipinski definition) is 1. The molecule has 29 heavy (non-hydrogen) atoms. The van der Waals surface area contributed by atoms with Gasteiger partial charge in [0.25, 0.3) is 5.91 Å². The Labute approximate surface area is 181 Å². The van der Waals surface area contributed by atoms with Gasteiger partial charge in [-0.15, -0.1) is 11.3 Å². The average Bonchev–Trinajstić information content (AvgIpc) is 3.14. The molecule has 0 aliphatic rings. The summed E-state index contributed by atoms with van der Waals surface area (Å²) < 4.78 is 0. The van der Waals surface area contributed by atoms with Gasteiger partial charge in [-0.25, -0.2) is 4.98 Å². The minimum Gasteiger partial charge on any atom is -0.349 e. The lowest BCUT2D eigenvalue weighted by Crippen LogP contribution is -2.38. The van der Waals surface area contributed by atoms with Crippen LogP contribution in [-0.2, 0) is 0 Å². The monoisotopic (exact) mass is 427 g/mol. The third-order valence-corrected chi connectivity index (χ3v) is 6.22. The fourth-order valence-corrected chi connectivity index (χ4v) is 4.49. The van der Waals surface area contributed by atoms with Crippen LogP contribution < -0.4 is 5.32 Å². The van der Waals surface area contributed by atoms with Crippen molar-refractivity contribution in [2.24, 2.45) is 0 Å². The number of likely N-dealkylation sites (N-methyl/N-ethyl adjacent to an activating group) is 1. The highest BCUT2D eigenvalue weighted by Gasteiger charge is 2.22. The van der Waals surface area contributed by atoms with E-state index in [9.17, 15) is 4.79 Å². The van der Waals surface area contributed by atoms with Gasteiger partial charge >= 0.3 is 0 Å². The Morgan fingerprint density at radius 2 is 1.76 bits per heavy atom. The predicted octanol–water partition coefficient (Wildman–Crippen LogP) is 5.58. The van der Waals surface area contributed by atoms with Crippen molar-refractivity contribution in [2.75, 3.05) is 19.6 Å². The first-order valence-electron chi connectivity index (χ1n) is 9.84. The van der Waals surface area contributed by atoms with E-state index in [0.29, 0.717) is 17.3 Å². The molecule has 0 saturated carbocycles. The summed E-state index contributed by atoms with van der Waals surface area (Å²) in [5.74, 6) is -0.140. The second kappa shape index (κ2) is 10.0. The van der Waals surface area contributed by atoms with Gasteiger partial charge in [0.2, 0.25) is 0 Å². The van der Waals surface area contributed by atoms with Crippen molar-refractivity contribution in [1.82, 2.24) is 15.2 Å². The zero-order valence-corrected chi connectivity index (χ0v) is 18.6. The summed E-state index contributed by atoms with van der Waals surface area (Å²) in [4.78, 5) is 20.8. The van der Waals surface area contributed by atoms with Crippen LogP contribution in [0.1, 0.15) is 40.9 Å². The van der Waals surface area contributed by atoms with E-state index >= 15 is 0 Å². The second-order valence-corrected chi connectivity index (χ2v) is 8.41. The van der Waals surface area contributed by atoms with Gasteiger partial charge in [-0.05, 0) is 43.3 Å². The molecule has 152 valence electrons. The first kappa shape index (κ1) is 21.5. The predicted molar refractivity (Wildman–Crippen MR) is 122 cm³/mol. The molecule has 0 fully saturated rings. The molecule has 2 aromatic carbocycles. The third kappa shape index (κ3) is 5.24. The summed E-state index contributed by atoms with van der Waals surface area (Å²) >= 11 is 7.61. The fourth-order valence-electron chi connectivity index (χ4n) is 3.45. The Balaban J connectivity index is 1.81. The van der Waals surface area contributed by atoms with E-state index in [-0.39, 0.29) is 11.9 Å². The van der Waals surface area contributed by atoms with Gasteiger partial charge in [0.05, 0.1) is 15.9 Å². The van der Waals surface area contributed by atoms with Gasteiger partial charge < -0.3 is 5.32 Å². The lowest BCUT2D eigenvalue weighted by Gasteiger charge is -2.30. The molecule has 1 heterocycles. The van der Waals surface area contributed by atoms with Gasteiger partial charge in [-0.1, -0.05) is 67.9 Å². The average molecular weight is 428 g/mol. The second-order valence-electron chi connectivity index (χ2n) is 6.78. The molecule has 0 radical (unpaired) electrons. The number of benzene rings is 2. The van der Waals surface area contributed by atoms with E-state index < -0.39 is 0 Å². The summed E-state index contributed by atoms with van der Waals surface area (Å²) in [5.41, 5.74) is 2.64. The molecule has 0 spiro atoms. The highest BCUT2D eigenvalue weighted by Crippen LogP contribution is 2.30. The fraction of sp³-hybridized carbons (Fsp3) is 0.304. The molecule has 1 unspecified atom stereocenters. The van der Waals surface area contributed by atoms with E-state index in [1.54, 1.807) is 11.3 Å². The molecule has 1 amide bonds. The van der Waals surface area contributed by atoms with Gasteiger partial charge in [-0.3, -0.25) is 9.69 Å². The van der Waals surface area contributed by atoms with Crippen LogP contribution in [0.4, 0.5) is 0 Å². The number of rotatable bonds is 8. The summed E-state index contributed by atoms with van der Waals surface area (Å²) in [6.45, 7) is 8.49. The highest BCUT2D eigenvalue weighted by atomic mass is 35.5. The van der Waals surface area contributed by atoms with Crippen LogP contribution in [0.2, 0.25) is 5.02 Å². The molecule has 6 heteroatoms.